The summed E-state index contributed by atoms with van der Waals surface area (Å²) in [4.78, 5) is 45.3. The van der Waals surface area contributed by atoms with Crippen molar-refractivity contribution in [2.24, 2.45) is 23.7 Å². The highest BCUT2D eigenvalue weighted by molar-refractivity contribution is 5.89. The van der Waals surface area contributed by atoms with Gasteiger partial charge in [-0.15, -0.1) is 0 Å². The fourth-order valence-corrected chi connectivity index (χ4v) is 2.22. The molecule has 0 aromatic carbocycles. The Balaban J connectivity index is 0. The second kappa shape index (κ2) is 14.0. The number of rotatable bonds is 8. The summed E-state index contributed by atoms with van der Waals surface area (Å²) in [6, 6.07) is -0.912. The zero-order chi connectivity index (χ0) is 22.6. The number of methoxy groups -OCH3 is 2. The molecule has 0 unspecified atom stereocenters. The minimum absolute atomic E-state index is 0.0328. The summed E-state index contributed by atoms with van der Waals surface area (Å²) in [5, 5.41) is 5.07. The van der Waals surface area contributed by atoms with Crippen LogP contribution in [-0.2, 0) is 19.1 Å². The first kappa shape index (κ1) is 28.1. The number of carbonyl (C=O) groups is 4. The molecule has 0 saturated heterocycles. The van der Waals surface area contributed by atoms with Crippen LogP contribution < -0.4 is 10.6 Å². The van der Waals surface area contributed by atoms with E-state index in [1.165, 1.54) is 14.2 Å². The van der Waals surface area contributed by atoms with Crippen molar-refractivity contribution in [1.29, 1.82) is 0 Å². The summed E-state index contributed by atoms with van der Waals surface area (Å²) in [6.07, 6.45) is -1.12. The molecule has 0 aliphatic heterocycles. The molecule has 0 spiro atoms. The maximum Gasteiger partial charge on any atom is 0.407 e. The number of ketones is 2. The third kappa shape index (κ3) is 10.9. The monoisotopic (exact) mass is 402 g/mol. The lowest BCUT2D eigenvalue weighted by molar-refractivity contribution is -0.125. The molecule has 0 bridgehead atoms. The van der Waals surface area contributed by atoms with E-state index in [0.29, 0.717) is 0 Å². The molecule has 0 aliphatic rings. The zero-order valence-corrected chi connectivity index (χ0v) is 18.9. The quantitative estimate of drug-likeness (QED) is 0.645. The molecular weight excluding hydrogens is 364 g/mol. The molecule has 2 atom stereocenters. The third-order valence-corrected chi connectivity index (χ3v) is 4.00. The number of hydrogen-bond donors (Lipinski definition) is 2. The van der Waals surface area contributed by atoms with Gasteiger partial charge in [0.15, 0.2) is 11.6 Å². The average Bonchev–Trinajstić information content (AvgIpc) is 2.62. The van der Waals surface area contributed by atoms with Gasteiger partial charge >= 0.3 is 12.2 Å². The lowest BCUT2D eigenvalue weighted by Gasteiger charge is -2.21. The van der Waals surface area contributed by atoms with E-state index in [1.54, 1.807) is 0 Å². The minimum Gasteiger partial charge on any atom is -0.453 e. The topological polar surface area (TPSA) is 111 Å². The Morgan fingerprint density at radius 1 is 0.571 bits per heavy atom. The van der Waals surface area contributed by atoms with E-state index in [4.69, 9.17) is 0 Å². The molecule has 2 N–H and O–H groups in total. The number of carbonyl (C=O) groups excluding carboxylic acids is 4. The van der Waals surface area contributed by atoms with Gasteiger partial charge in [0.05, 0.1) is 26.3 Å². The van der Waals surface area contributed by atoms with Crippen LogP contribution in [0, 0.1) is 23.7 Å². The van der Waals surface area contributed by atoms with Crippen LogP contribution in [-0.4, -0.2) is 50.1 Å². The van der Waals surface area contributed by atoms with Gasteiger partial charge in [-0.25, -0.2) is 9.59 Å². The van der Waals surface area contributed by atoms with E-state index in [1.807, 2.05) is 55.4 Å². The predicted molar refractivity (Wildman–Crippen MR) is 108 cm³/mol. The average molecular weight is 403 g/mol. The smallest absolute Gasteiger partial charge is 0.407 e. The molecule has 0 aromatic heterocycles. The maximum atomic E-state index is 11.7. The molecule has 0 radical (unpaired) electrons. The Bertz CT molecular complexity index is 469. The summed E-state index contributed by atoms with van der Waals surface area (Å²) in [7, 11) is 2.57. The first-order valence-corrected chi connectivity index (χ1v) is 9.56. The van der Waals surface area contributed by atoms with Crippen molar-refractivity contribution in [3.05, 3.63) is 0 Å². The van der Waals surface area contributed by atoms with Crippen LogP contribution >= 0.6 is 0 Å². The highest BCUT2D eigenvalue weighted by atomic mass is 16.5. The molecule has 8 heteroatoms. The van der Waals surface area contributed by atoms with Gasteiger partial charge < -0.3 is 20.1 Å². The van der Waals surface area contributed by atoms with Gasteiger partial charge in [-0.3, -0.25) is 9.59 Å². The van der Waals surface area contributed by atoms with Crippen LogP contribution in [0.5, 0.6) is 0 Å². The standard InChI is InChI=1S/2C10H19NO3/c2*1-6(2)8(9(12)7(3)4)11-10(13)14-5/h2*6-8H,1-5H3,(H,11,13)/t2*8-/m00/s1. The number of nitrogens with one attached hydrogen (secondary N) is 2. The van der Waals surface area contributed by atoms with Crippen molar-refractivity contribution in [3.8, 4) is 0 Å². The van der Waals surface area contributed by atoms with E-state index in [0.717, 1.165) is 0 Å². The molecular formula is C20H38N2O6. The minimum atomic E-state index is -0.558. The van der Waals surface area contributed by atoms with Crippen molar-refractivity contribution in [2.45, 2.75) is 67.5 Å². The molecule has 0 heterocycles. The lowest BCUT2D eigenvalue weighted by atomic mass is 9.93. The van der Waals surface area contributed by atoms with Crippen LogP contribution in [0.3, 0.4) is 0 Å². The van der Waals surface area contributed by atoms with Gasteiger partial charge in [-0.2, -0.15) is 0 Å². The van der Waals surface area contributed by atoms with Gasteiger partial charge in [0.1, 0.15) is 0 Å². The van der Waals surface area contributed by atoms with Crippen LogP contribution in [0.2, 0.25) is 0 Å². The second-order valence-corrected chi connectivity index (χ2v) is 7.83. The van der Waals surface area contributed by atoms with Crippen LogP contribution in [0.1, 0.15) is 55.4 Å². The van der Waals surface area contributed by atoms with E-state index >= 15 is 0 Å². The normalized spacial score (nSPS) is 12.8. The number of Topliss-reactive ketones (excluding diaryl/α,β-unsaturated/α-hetero) is 2. The van der Waals surface area contributed by atoms with Gasteiger partial charge in [0.2, 0.25) is 0 Å². The molecule has 0 rings (SSSR count). The summed E-state index contributed by atoms with van der Waals surface area (Å²) in [6.45, 7) is 14.8. The Hall–Kier alpha value is -2.12. The van der Waals surface area contributed by atoms with Crippen molar-refractivity contribution < 1.29 is 28.7 Å². The summed E-state index contributed by atoms with van der Waals surface area (Å²) >= 11 is 0. The van der Waals surface area contributed by atoms with E-state index in [2.05, 4.69) is 20.1 Å². The highest BCUT2D eigenvalue weighted by Crippen LogP contribution is 2.10. The van der Waals surface area contributed by atoms with Gasteiger partial charge in [0.25, 0.3) is 0 Å². The molecule has 0 aliphatic carbocycles. The number of hydrogen-bond acceptors (Lipinski definition) is 6. The second-order valence-electron chi connectivity index (χ2n) is 7.83. The Kier molecular flexibility index (Phi) is 14.0. The molecule has 8 nitrogen and oxygen atoms in total. The zero-order valence-electron chi connectivity index (χ0n) is 18.9. The summed E-state index contributed by atoms with van der Waals surface area (Å²) < 4.78 is 8.92. The van der Waals surface area contributed by atoms with E-state index in [-0.39, 0.29) is 35.2 Å². The Labute approximate surface area is 169 Å². The van der Waals surface area contributed by atoms with Crippen molar-refractivity contribution in [1.82, 2.24) is 10.6 Å². The molecule has 28 heavy (non-hydrogen) atoms. The van der Waals surface area contributed by atoms with Gasteiger partial charge in [-0.1, -0.05) is 55.4 Å². The first-order valence-electron chi connectivity index (χ1n) is 9.56. The van der Waals surface area contributed by atoms with Crippen molar-refractivity contribution in [3.63, 3.8) is 0 Å². The molecule has 0 saturated carbocycles. The van der Waals surface area contributed by atoms with Crippen molar-refractivity contribution in [2.75, 3.05) is 14.2 Å². The lowest BCUT2D eigenvalue weighted by Crippen LogP contribution is -2.46. The number of amides is 2. The van der Waals surface area contributed by atoms with Crippen LogP contribution in [0.25, 0.3) is 0 Å². The Morgan fingerprint density at radius 2 is 0.821 bits per heavy atom. The third-order valence-electron chi connectivity index (χ3n) is 4.00. The molecule has 0 aromatic rings. The first-order chi connectivity index (χ1) is 12.8. The fraction of sp³-hybridized carbons (Fsp3) is 0.800. The summed E-state index contributed by atoms with van der Waals surface area (Å²) in [5.74, 6) is 0.0444. The van der Waals surface area contributed by atoms with Crippen LogP contribution in [0.15, 0.2) is 0 Å². The summed E-state index contributed by atoms with van der Waals surface area (Å²) in [5.41, 5.74) is 0. The van der Waals surface area contributed by atoms with Crippen molar-refractivity contribution >= 4 is 23.8 Å². The highest BCUT2D eigenvalue weighted by Gasteiger charge is 2.27. The van der Waals surface area contributed by atoms with E-state index in [9.17, 15) is 19.2 Å². The maximum absolute atomic E-state index is 11.7. The number of alkyl carbamates (subject to hydrolysis) is 2. The predicted octanol–water partition coefficient (Wildman–Crippen LogP) is 3.18. The molecule has 2 amide bonds. The SMILES string of the molecule is COC(=O)N[C@H](C(=O)C(C)C)C(C)C.COC(=O)N[C@H](C(=O)C(C)C)C(C)C. The number of ether oxygens (including phenoxy) is 2. The fourth-order valence-electron chi connectivity index (χ4n) is 2.22. The largest absolute Gasteiger partial charge is 0.453 e. The van der Waals surface area contributed by atoms with Gasteiger partial charge in [-0.05, 0) is 11.8 Å². The molecule has 164 valence electrons. The molecule has 0 fully saturated rings. The van der Waals surface area contributed by atoms with Gasteiger partial charge in [0, 0.05) is 11.8 Å². The Morgan fingerprint density at radius 3 is 0.964 bits per heavy atom. The van der Waals surface area contributed by atoms with Crippen LogP contribution in [0.4, 0.5) is 9.59 Å². The van der Waals surface area contributed by atoms with E-state index < -0.39 is 24.3 Å².